The van der Waals surface area contributed by atoms with Gasteiger partial charge in [-0.2, -0.15) is 5.10 Å². The van der Waals surface area contributed by atoms with Crippen LogP contribution in [0.1, 0.15) is 254 Å². The van der Waals surface area contributed by atoms with Crippen molar-refractivity contribution >= 4 is 37.8 Å². The van der Waals surface area contributed by atoms with Gasteiger partial charge < -0.3 is 30.0 Å². The summed E-state index contributed by atoms with van der Waals surface area (Å²) >= 11 is 0. The van der Waals surface area contributed by atoms with Crippen LogP contribution < -0.4 is 21.7 Å². The zero-order valence-electron chi connectivity index (χ0n) is 57.9. The first-order valence-corrected chi connectivity index (χ1v) is 29.6. The molecule has 0 saturated carbocycles. The maximum atomic E-state index is 4.98. The Kier molecular flexibility index (Phi) is 73.8. The highest BCUT2D eigenvalue weighted by Crippen LogP contribution is 2.29. The van der Waals surface area contributed by atoms with Crippen molar-refractivity contribution < 1.29 is 19.1 Å². The molecule has 0 bridgehead atoms. The van der Waals surface area contributed by atoms with E-state index in [1.165, 1.54) is 92.5 Å². The minimum atomic E-state index is 0.655. The van der Waals surface area contributed by atoms with Gasteiger partial charge in [0.2, 0.25) is 0 Å². The second-order valence-electron chi connectivity index (χ2n) is 16.4. The predicted octanol–water partition coefficient (Wildman–Crippen LogP) is 20.0. The lowest BCUT2D eigenvalue weighted by Crippen LogP contribution is -2.31. The number of allylic oxidation sites excluding steroid dienone is 15. The summed E-state index contributed by atoms with van der Waals surface area (Å²) in [6, 6.07) is 0. The molecule has 0 aromatic heterocycles. The second kappa shape index (κ2) is 65.3. The first-order chi connectivity index (χ1) is 38.2. The van der Waals surface area contributed by atoms with Crippen LogP contribution >= 0.6 is 0 Å². The van der Waals surface area contributed by atoms with Gasteiger partial charge in [-0.25, -0.2) is 4.99 Å². The molecule has 0 atom stereocenters. The highest BCUT2D eigenvalue weighted by molar-refractivity contribution is 5.79. The first kappa shape index (κ1) is 90.4. The molecule has 6 heterocycles. The molecule has 0 aromatic rings. The van der Waals surface area contributed by atoms with E-state index in [1.807, 2.05) is 186 Å². The summed E-state index contributed by atoms with van der Waals surface area (Å²) in [5.41, 5.74) is 30.7. The van der Waals surface area contributed by atoms with Gasteiger partial charge in [0.05, 0.1) is 30.7 Å². The summed E-state index contributed by atoms with van der Waals surface area (Å²) < 4.78 is 9.89. The highest BCUT2D eigenvalue weighted by atomic mass is 16.6. The monoisotopic (exact) mass is 1120 g/mol. The lowest BCUT2D eigenvalue weighted by molar-refractivity contribution is 0.165. The molecule has 14 nitrogen and oxygen atoms in total. The molecular weight excluding hydrogens is 997 g/mol. The summed E-state index contributed by atoms with van der Waals surface area (Å²) in [6.45, 7) is 74.8. The fourth-order valence-electron chi connectivity index (χ4n) is 5.03. The molecule has 0 spiro atoms. The Bertz CT molecular complexity index is 1810. The van der Waals surface area contributed by atoms with E-state index >= 15 is 0 Å². The average Bonchev–Trinajstić information content (AvgIpc) is 3.97. The smallest absolute Gasteiger partial charge is 0.199 e. The summed E-state index contributed by atoms with van der Waals surface area (Å²) in [5.74, 6) is 2.80. The standard InChI is InChI=1S/2C8H12.C6H10N2.3C6H9NO.C5H9N3.C5H8N2O.8C2H6/c1-6-4-7(2)8(3)5-6;1-6-4-5-7(2)8(6)3;1-5-3-7-8-4-6(5)2;1-5-3-7-4-8-6(5)2;1-5-3-7-8-4-6(5)2;1-5-3-4-7-8-6(5)2;1-4-5(2)8-7-3-6-4;1-4-5(2)8-3-6-7-4;8*1-2/h2*1,4-5H2,2-3H3;3,8H,4H2,1-2H3;4H,3H2,1-2H3;3H,4H2,1-2H3;4H,3H2,1-2H3;3,8H,1-2H3,(H,6,7);3,7H,1-2H3;8*1-2H3. The van der Waals surface area contributed by atoms with Crippen molar-refractivity contribution in [1.82, 2.24) is 21.7 Å². The molecule has 0 amide bonds. The number of hydrazone groups is 2. The number of nitrogens with zero attached hydrogens (tertiary/aromatic N) is 6. The Morgan fingerprint density at radius 2 is 1.02 bits per heavy atom. The van der Waals surface area contributed by atoms with Crippen molar-refractivity contribution in [3.05, 3.63) is 114 Å². The summed E-state index contributed by atoms with van der Waals surface area (Å²) in [7, 11) is 0. The van der Waals surface area contributed by atoms with Gasteiger partial charge in [-0.15, -0.1) is 5.10 Å². The van der Waals surface area contributed by atoms with Crippen molar-refractivity contribution in [2.75, 3.05) is 19.7 Å². The molecule has 6 aliphatic heterocycles. The van der Waals surface area contributed by atoms with Crippen LogP contribution in [0.2, 0.25) is 0 Å². The van der Waals surface area contributed by atoms with E-state index in [1.54, 1.807) is 18.8 Å². The number of nitrogens with one attached hydrogen (secondary N) is 4. The summed E-state index contributed by atoms with van der Waals surface area (Å²) in [5, 5.41) is 14.8. The Hall–Kier alpha value is -6.18. The van der Waals surface area contributed by atoms with Crippen LogP contribution in [-0.2, 0) is 19.1 Å². The number of hydrazine groups is 1. The second-order valence-corrected chi connectivity index (χ2v) is 16.4. The van der Waals surface area contributed by atoms with Crippen LogP contribution in [0.4, 0.5) is 0 Å². The zero-order valence-corrected chi connectivity index (χ0v) is 57.9. The molecule has 0 fully saturated rings. The fourth-order valence-corrected chi connectivity index (χ4v) is 5.03. The van der Waals surface area contributed by atoms with Gasteiger partial charge >= 0.3 is 0 Å². The maximum absolute atomic E-state index is 4.98. The number of oxime groups is 2. The third-order valence-corrected chi connectivity index (χ3v) is 11.0. The van der Waals surface area contributed by atoms with Crippen molar-refractivity contribution in [2.45, 2.75) is 254 Å². The largest absolute Gasteiger partial charge is 0.451 e. The average molecular weight is 1120 g/mol. The van der Waals surface area contributed by atoms with Crippen LogP contribution in [0.25, 0.3) is 0 Å². The predicted molar refractivity (Wildman–Crippen MR) is 362 cm³/mol. The molecule has 464 valence electrons. The highest BCUT2D eigenvalue weighted by Gasteiger charge is 2.09. The molecule has 80 heavy (non-hydrogen) atoms. The van der Waals surface area contributed by atoms with Gasteiger partial charge in [-0.1, -0.05) is 162 Å². The molecule has 0 unspecified atom stereocenters. The Morgan fingerprint density at radius 1 is 0.500 bits per heavy atom. The van der Waals surface area contributed by atoms with Gasteiger partial charge in [0, 0.05) is 24.5 Å². The van der Waals surface area contributed by atoms with E-state index in [0.29, 0.717) is 6.61 Å². The molecule has 14 heteroatoms. The molecule has 0 aromatic carbocycles. The van der Waals surface area contributed by atoms with Crippen molar-refractivity contribution in [3.63, 3.8) is 0 Å². The topological polar surface area (TPSA) is 159 Å². The SMILES string of the molecule is C=C1CC(C)=C(C)C1.C=C1CCC(C)=C1C.CC.CC.CC.CC.CC.CC.CC.CC.CC1=C(C)CNN=C1.CC1=C(C)CON=C1.CC1=C(C)NNC=N1.CC1=C(C)OC=NC1.CC1=C(C)OC=NN1.CC1=C(C)ON=CC1. The number of rotatable bonds is 0. The Morgan fingerprint density at radius 3 is 1.27 bits per heavy atom. The lowest BCUT2D eigenvalue weighted by Gasteiger charge is -2.10. The van der Waals surface area contributed by atoms with E-state index < -0.39 is 0 Å². The molecule has 8 rings (SSSR count). The van der Waals surface area contributed by atoms with Crippen LogP contribution in [0.15, 0.2) is 145 Å². The van der Waals surface area contributed by atoms with Crippen LogP contribution in [0.5, 0.6) is 0 Å². The van der Waals surface area contributed by atoms with Crippen LogP contribution in [0.3, 0.4) is 0 Å². The van der Waals surface area contributed by atoms with Crippen LogP contribution in [0, 0.1) is 0 Å². The summed E-state index contributed by atoms with van der Waals surface area (Å²) in [6.07, 6.45) is 15.5. The summed E-state index contributed by atoms with van der Waals surface area (Å²) in [4.78, 5) is 17.5. The van der Waals surface area contributed by atoms with E-state index in [2.05, 4.69) is 107 Å². The molecule has 4 N–H and O–H groups in total. The molecule has 0 saturated heterocycles. The van der Waals surface area contributed by atoms with Crippen molar-refractivity contribution in [1.29, 1.82) is 0 Å². The number of aliphatic imine (C=N–C) groups is 2. The minimum Gasteiger partial charge on any atom is -0.451 e. The van der Waals surface area contributed by atoms with Crippen molar-refractivity contribution in [3.8, 4) is 0 Å². The minimum absolute atomic E-state index is 0.655. The normalized spacial score (nSPS) is 15.8. The molecular formula is C66H126N10O4. The number of hydrogen-bond donors (Lipinski definition) is 4. The lowest BCUT2D eigenvalue weighted by atomic mass is 10.1. The molecule has 2 aliphatic carbocycles. The van der Waals surface area contributed by atoms with Crippen LogP contribution in [-0.4, -0.2) is 57.5 Å². The van der Waals surface area contributed by atoms with Gasteiger partial charge in [0.1, 0.15) is 30.2 Å². The third kappa shape index (κ3) is 50.1. The maximum Gasteiger partial charge on any atom is 0.199 e. The Labute approximate surface area is 494 Å². The van der Waals surface area contributed by atoms with Gasteiger partial charge in [0.15, 0.2) is 12.8 Å². The van der Waals surface area contributed by atoms with Gasteiger partial charge in [-0.3, -0.25) is 15.8 Å². The van der Waals surface area contributed by atoms with Crippen molar-refractivity contribution in [2.24, 2.45) is 30.5 Å². The number of ether oxygens (including phenoxy) is 2. The third-order valence-electron chi connectivity index (χ3n) is 11.0. The fraction of sp³-hybridized carbons (Fsp3) is 0.606. The zero-order chi connectivity index (χ0) is 64.2. The quantitative estimate of drug-likeness (QED) is 0.175. The first-order valence-electron chi connectivity index (χ1n) is 29.6. The van der Waals surface area contributed by atoms with E-state index in [4.69, 9.17) is 19.1 Å². The molecule has 8 aliphatic rings. The van der Waals surface area contributed by atoms with Gasteiger partial charge in [-0.05, 0) is 175 Å². The molecule has 0 radical (unpaired) electrons. The van der Waals surface area contributed by atoms with Gasteiger partial charge in [0.25, 0.3) is 0 Å². The van der Waals surface area contributed by atoms with E-state index in [0.717, 1.165) is 66.7 Å². The Balaban J connectivity index is -0.000000119. The van der Waals surface area contributed by atoms with E-state index in [-0.39, 0.29) is 0 Å². The van der Waals surface area contributed by atoms with E-state index in [9.17, 15) is 0 Å². The number of hydrogen-bond acceptors (Lipinski definition) is 14.